The van der Waals surface area contributed by atoms with Crippen LogP contribution in [0.5, 0.6) is 0 Å². The molecule has 0 aliphatic carbocycles. The van der Waals surface area contributed by atoms with Gasteiger partial charge in [-0.25, -0.2) is 0 Å². The van der Waals surface area contributed by atoms with Crippen molar-refractivity contribution >= 4 is 5.91 Å². The second-order valence-electron chi connectivity index (χ2n) is 2.57. The normalized spacial score (nSPS) is 9.23. The summed E-state index contributed by atoms with van der Waals surface area (Å²) in [5, 5.41) is 14.6. The number of nitrogens with one attached hydrogen (secondary N) is 1. The van der Waals surface area contributed by atoms with Gasteiger partial charge in [-0.1, -0.05) is 0 Å². The van der Waals surface area contributed by atoms with Crippen molar-refractivity contribution in [2.45, 2.75) is 13.5 Å². The summed E-state index contributed by atoms with van der Waals surface area (Å²) < 4.78 is 1.58. The Bertz CT molecular complexity index is 336. The van der Waals surface area contributed by atoms with E-state index in [1.807, 2.05) is 19.1 Å². The van der Waals surface area contributed by atoms with Gasteiger partial charge in [0.1, 0.15) is 13.1 Å². The van der Waals surface area contributed by atoms with Gasteiger partial charge in [-0.05, 0) is 13.0 Å². The molecule has 0 radical (unpaired) electrons. The smallest absolute Gasteiger partial charge is 0.242 e. The Balaban J connectivity index is 2.46. The van der Waals surface area contributed by atoms with Crippen LogP contribution in [0.2, 0.25) is 0 Å². The topological polar surface area (TPSA) is 70.7 Å². The molecule has 5 heteroatoms. The van der Waals surface area contributed by atoms with Crippen LogP contribution in [0, 0.1) is 18.3 Å². The monoisotopic (exact) mass is 178 g/mol. The summed E-state index contributed by atoms with van der Waals surface area (Å²) in [6.07, 6.45) is 1.63. The lowest BCUT2D eigenvalue weighted by Crippen LogP contribution is -2.28. The molecule has 1 amide bonds. The van der Waals surface area contributed by atoms with E-state index in [1.165, 1.54) is 0 Å². The maximum absolute atomic E-state index is 11.1. The molecule has 0 unspecified atom stereocenters. The van der Waals surface area contributed by atoms with Crippen molar-refractivity contribution in [2.75, 3.05) is 6.54 Å². The second-order valence-corrected chi connectivity index (χ2v) is 2.57. The fourth-order valence-electron chi connectivity index (χ4n) is 0.894. The molecule has 1 aromatic rings. The average Bonchev–Trinajstić information content (AvgIpc) is 2.48. The van der Waals surface area contributed by atoms with Crippen LogP contribution in [0.15, 0.2) is 12.3 Å². The fraction of sp³-hybridized carbons (Fsp3) is 0.375. The maximum Gasteiger partial charge on any atom is 0.242 e. The number of rotatable bonds is 3. The van der Waals surface area contributed by atoms with E-state index in [-0.39, 0.29) is 19.0 Å². The van der Waals surface area contributed by atoms with Gasteiger partial charge in [0.2, 0.25) is 5.91 Å². The molecule has 0 aromatic carbocycles. The first kappa shape index (κ1) is 9.26. The molecular weight excluding hydrogens is 168 g/mol. The van der Waals surface area contributed by atoms with Gasteiger partial charge < -0.3 is 5.32 Å². The molecule has 13 heavy (non-hydrogen) atoms. The Kier molecular flexibility index (Phi) is 3.03. The molecule has 0 bridgehead atoms. The van der Waals surface area contributed by atoms with Gasteiger partial charge in [-0.15, -0.1) is 0 Å². The van der Waals surface area contributed by atoms with Crippen LogP contribution in [-0.4, -0.2) is 22.2 Å². The summed E-state index contributed by atoms with van der Waals surface area (Å²) in [6.45, 7) is 2.07. The van der Waals surface area contributed by atoms with Crippen molar-refractivity contribution in [3.63, 3.8) is 0 Å². The number of hydrogen-bond acceptors (Lipinski definition) is 3. The third-order valence-electron chi connectivity index (χ3n) is 1.59. The minimum Gasteiger partial charge on any atom is -0.341 e. The molecule has 1 aromatic heterocycles. The summed E-state index contributed by atoms with van der Waals surface area (Å²) in [5.41, 5.74) is 0.923. The largest absolute Gasteiger partial charge is 0.341 e. The number of aromatic nitrogens is 2. The lowest BCUT2D eigenvalue weighted by molar-refractivity contribution is -0.121. The van der Waals surface area contributed by atoms with E-state index < -0.39 is 0 Å². The predicted octanol–water partition coefficient (Wildman–Crippen LogP) is -0.169. The Labute approximate surface area is 76.0 Å². The number of carbonyl (C=O) groups is 1. The molecule has 0 aliphatic heterocycles. The van der Waals surface area contributed by atoms with Crippen molar-refractivity contribution < 1.29 is 4.79 Å². The molecule has 0 atom stereocenters. The molecular formula is C8H10N4O. The number of nitriles is 1. The maximum atomic E-state index is 11.1. The highest BCUT2D eigenvalue weighted by Gasteiger charge is 2.03. The molecule has 1 N–H and O–H groups in total. The first-order valence-electron chi connectivity index (χ1n) is 3.86. The number of hydrogen-bond donors (Lipinski definition) is 1. The summed E-state index contributed by atoms with van der Waals surface area (Å²) in [4.78, 5) is 11.1. The van der Waals surface area contributed by atoms with E-state index >= 15 is 0 Å². The summed E-state index contributed by atoms with van der Waals surface area (Å²) in [5.74, 6) is -0.201. The Morgan fingerprint density at radius 1 is 1.85 bits per heavy atom. The Morgan fingerprint density at radius 3 is 3.15 bits per heavy atom. The van der Waals surface area contributed by atoms with Crippen molar-refractivity contribution in [3.8, 4) is 6.07 Å². The van der Waals surface area contributed by atoms with Gasteiger partial charge in [0.15, 0.2) is 0 Å². The van der Waals surface area contributed by atoms with Gasteiger partial charge in [-0.2, -0.15) is 10.4 Å². The van der Waals surface area contributed by atoms with Gasteiger partial charge in [0.05, 0.1) is 6.07 Å². The fourth-order valence-corrected chi connectivity index (χ4v) is 0.894. The third kappa shape index (κ3) is 2.60. The zero-order chi connectivity index (χ0) is 9.68. The van der Waals surface area contributed by atoms with Crippen LogP contribution >= 0.6 is 0 Å². The van der Waals surface area contributed by atoms with Crippen molar-refractivity contribution in [1.82, 2.24) is 15.1 Å². The van der Waals surface area contributed by atoms with Crippen LogP contribution in [0.4, 0.5) is 0 Å². The second kappa shape index (κ2) is 4.26. The number of amides is 1. The van der Waals surface area contributed by atoms with E-state index in [0.29, 0.717) is 0 Å². The van der Waals surface area contributed by atoms with Crippen molar-refractivity contribution in [2.24, 2.45) is 0 Å². The first-order valence-corrected chi connectivity index (χ1v) is 3.86. The van der Waals surface area contributed by atoms with E-state index in [0.717, 1.165) is 5.69 Å². The molecule has 1 heterocycles. The third-order valence-corrected chi connectivity index (χ3v) is 1.59. The first-order chi connectivity index (χ1) is 6.24. The molecule has 0 saturated heterocycles. The number of nitrogens with zero attached hydrogens (tertiary/aromatic N) is 3. The highest BCUT2D eigenvalue weighted by Crippen LogP contribution is 1.94. The SMILES string of the molecule is Cc1ccnn1CC(=O)NCC#N. The predicted molar refractivity (Wildman–Crippen MR) is 45.6 cm³/mol. The Morgan fingerprint density at radius 2 is 2.62 bits per heavy atom. The van der Waals surface area contributed by atoms with Crippen molar-refractivity contribution in [1.29, 1.82) is 5.26 Å². The van der Waals surface area contributed by atoms with Crippen LogP contribution < -0.4 is 5.32 Å². The van der Waals surface area contributed by atoms with E-state index in [2.05, 4.69) is 10.4 Å². The lowest BCUT2D eigenvalue weighted by Gasteiger charge is -2.02. The van der Waals surface area contributed by atoms with Crippen LogP contribution in [0.1, 0.15) is 5.69 Å². The number of aryl methyl sites for hydroxylation is 1. The molecule has 0 aliphatic rings. The highest BCUT2D eigenvalue weighted by atomic mass is 16.2. The minimum atomic E-state index is -0.201. The van der Waals surface area contributed by atoms with E-state index in [4.69, 9.17) is 5.26 Å². The van der Waals surface area contributed by atoms with E-state index in [1.54, 1.807) is 10.9 Å². The zero-order valence-corrected chi connectivity index (χ0v) is 7.32. The van der Waals surface area contributed by atoms with Crippen molar-refractivity contribution in [3.05, 3.63) is 18.0 Å². The van der Waals surface area contributed by atoms with Crippen LogP contribution in [0.3, 0.4) is 0 Å². The molecule has 0 fully saturated rings. The summed E-state index contributed by atoms with van der Waals surface area (Å²) >= 11 is 0. The van der Waals surface area contributed by atoms with Gasteiger partial charge in [0.25, 0.3) is 0 Å². The highest BCUT2D eigenvalue weighted by molar-refractivity contribution is 5.75. The lowest BCUT2D eigenvalue weighted by atomic mass is 10.4. The number of carbonyl (C=O) groups excluding carboxylic acids is 1. The Hall–Kier alpha value is -1.83. The average molecular weight is 178 g/mol. The molecule has 68 valence electrons. The standard InChI is InChI=1S/C8H10N4O/c1-7-2-4-11-12(7)6-8(13)10-5-3-9/h2,4H,5-6H2,1H3,(H,10,13). The molecule has 0 saturated carbocycles. The van der Waals surface area contributed by atoms with Gasteiger partial charge >= 0.3 is 0 Å². The molecule has 0 spiro atoms. The summed E-state index contributed by atoms with van der Waals surface area (Å²) in [7, 11) is 0. The summed E-state index contributed by atoms with van der Waals surface area (Å²) in [6, 6.07) is 3.65. The zero-order valence-electron chi connectivity index (χ0n) is 7.32. The minimum absolute atomic E-state index is 0.0408. The van der Waals surface area contributed by atoms with Gasteiger partial charge in [-0.3, -0.25) is 9.48 Å². The van der Waals surface area contributed by atoms with Crippen LogP contribution in [0.25, 0.3) is 0 Å². The van der Waals surface area contributed by atoms with Gasteiger partial charge in [0, 0.05) is 11.9 Å². The van der Waals surface area contributed by atoms with E-state index in [9.17, 15) is 4.79 Å². The molecule has 5 nitrogen and oxygen atoms in total. The molecule has 1 rings (SSSR count). The quantitative estimate of drug-likeness (QED) is 0.653. The van der Waals surface area contributed by atoms with Crippen LogP contribution in [-0.2, 0) is 11.3 Å².